The minimum Gasteiger partial charge on any atom is -0.391 e. The van der Waals surface area contributed by atoms with E-state index < -0.39 is 0 Å². The molecule has 1 heterocycles. The summed E-state index contributed by atoms with van der Waals surface area (Å²) in [5.74, 6) is 0.834. The Morgan fingerprint density at radius 3 is 2.81 bits per heavy atom. The predicted octanol–water partition coefficient (Wildman–Crippen LogP) is 2.65. The second-order valence-electron chi connectivity index (χ2n) is 4.65. The Morgan fingerprint density at radius 1 is 1.44 bits per heavy atom. The molecule has 0 aliphatic heterocycles. The molecule has 0 radical (unpaired) electrons. The summed E-state index contributed by atoms with van der Waals surface area (Å²) >= 11 is 1.59. The molecule has 0 unspecified atom stereocenters. The fourth-order valence-corrected chi connectivity index (χ4v) is 3.12. The first-order valence-corrected chi connectivity index (χ1v) is 6.88. The summed E-state index contributed by atoms with van der Waals surface area (Å²) in [6.45, 7) is 1.22. The van der Waals surface area contributed by atoms with Gasteiger partial charge in [0, 0.05) is 19.8 Å². The van der Waals surface area contributed by atoms with Gasteiger partial charge in [0.05, 0.1) is 11.5 Å². The number of aromatic nitrogens is 1. The number of anilines is 1. The lowest BCUT2D eigenvalue weighted by molar-refractivity contribution is 0.285. The van der Waals surface area contributed by atoms with Gasteiger partial charge in [0.2, 0.25) is 0 Å². The lowest BCUT2D eigenvalue weighted by atomic mass is 9.89. The normalized spacial score (nSPS) is 17.6. The van der Waals surface area contributed by atoms with Crippen LogP contribution in [0.1, 0.15) is 37.0 Å². The average Bonchev–Trinajstić information content (AvgIpc) is 2.79. The molecule has 0 bridgehead atoms. The number of aliphatic hydroxyl groups is 1. The first kappa shape index (κ1) is 11.9. The number of hydrogen-bond acceptors (Lipinski definition) is 4. The van der Waals surface area contributed by atoms with Crippen molar-refractivity contribution in [2.75, 3.05) is 18.5 Å². The second-order valence-corrected chi connectivity index (χ2v) is 5.75. The standard InChI is InChI=1S/C12H20N2OS/c1-14(8-10-5-3-2-4-6-10)12-13-7-11(9-15)16-12/h7,10,15H,2-6,8-9H2,1H3. The maximum Gasteiger partial charge on any atom is 0.185 e. The molecule has 90 valence electrons. The third kappa shape index (κ3) is 2.95. The highest BCUT2D eigenvalue weighted by molar-refractivity contribution is 7.15. The Balaban J connectivity index is 1.88. The molecule has 1 saturated carbocycles. The van der Waals surface area contributed by atoms with Gasteiger partial charge in [-0.2, -0.15) is 0 Å². The molecule has 0 aromatic carbocycles. The van der Waals surface area contributed by atoms with Crippen LogP contribution in [-0.2, 0) is 6.61 Å². The highest BCUT2D eigenvalue weighted by atomic mass is 32.1. The fraction of sp³-hybridized carbons (Fsp3) is 0.750. The monoisotopic (exact) mass is 240 g/mol. The molecule has 1 aliphatic carbocycles. The van der Waals surface area contributed by atoms with Crippen LogP contribution in [0.15, 0.2) is 6.20 Å². The Kier molecular flexibility index (Phi) is 4.18. The maximum atomic E-state index is 9.01. The van der Waals surface area contributed by atoms with E-state index in [0.717, 1.165) is 22.5 Å². The van der Waals surface area contributed by atoms with Gasteiger partial charge < -0.3 is 10.0 Å². The Bertz CT molecular complexity index is 321. The summed E-state index contributed by atoms with van der Waals surface area (Å²) in [6.07, 6.45) is 8.69. The van der Waals surface area contributed by atoms with E-state index in [4.69, 9.17) is 5.11 Å². The van der Waals surface area contributed by atoms with Crippen LogP contribution in [0.5, 0.6) is 0 Å². The van der Waals surface area contributed by atoms with Crippen LogP contribution >= 0.6 is 11.3 Å². The van der Waals surface area contributed by atoms with Crippen molar-refractivity contribution in [3.8, 4) is 0 Å². The fourth-order valence-electron chi connectivity index (χ4n) is 2.38. The van der Waals surface area contributed by atoms with Crippen molar-refractivity contribution >= 4 is 16.5 Å². The third-order valence-electron chi connectivity index (χ3n) is 3.28. The lowest BCUT2D eigenvalue weighted by Crippen LogP contribution is -2.26. The summed E-state index contributed by atoms with van der Waals surface area (Å²) in [5, 5.41) is 10.0. The molecule has 1 aromatic heterocycles. The van der Waals surface area contributed by atoms with Gasteiger partial charge in [-0.1, -0.05) is 30.6 Å². The van der Waals surface area contributed by atoms with Crippen LogP contribution in [0.25, 0.3) is 0 Å². The van der Waals surface area contributed by atoms with Crippen molar-refractivity contribution in [3.63, 3.8) is 0 Å². The zero-order valence-corrected chi connectivity index (χ0v) is 10.7. The summed E-state index contributed by atoms with van der Waals surface area (Å²) in [7, 11) is 2.11. The molecule has 1 N–H and O–H groups in total. The van der Waals surface area contributed by atoms with Crippen molar-refractivity contribution in [1.29, 1.82) is 0 Å². The van der Waals surface area contributed by atoms with Gasteiger partial charge in [-0.3, -0.25) is 0 Å². The lowest BCUT2D eigenvalue weighted by Gasteiger charge is -2.26. The smallest absolute Gasteiger partial charge is 0.185 e. The molecular formula is C12H20N2OS. The number of hydrogen-bond donors (Lipinski definition) is 1. The van der Waals surface area contributed by atoms with E-state index in [0.29, 0.717) is 0 Å². The summed E-state index contributed by atoms with van der Waals surface area (Å²) in [4.78, 5) is 7.52. The average molecular weight is 240 g/mol. The van der Waals surface area contributed by atoms with Crippen LogP contribution < -0.4 is 4.90 Å². The first-order chi connectivity index (χ1) is 7.79. The van der Waals surface area contributed by atoms with Crippen molar-refractivity contribution in [2.45, 2.75) is 38.7 Å². The van der Waals surface area contributed by atoms with Crippen molar-refractivity contribution in [2.24, 2.45) is 5.92 Å². The van der Waals surface area contributed by atoms with E-state index in [9.17, 15) is 0 Å². The van der Waals surface area contributed by atoms with E-state index in [1.165, 1.54) is 32.1 Å². The van der Waals surface area contributed by atoms with Gasteiger partial charge in [-0.15, -0.1) is 0 Å². The summed E-state index contributed by atoms with van der Waals surface area (Å²) in [6, 6.07) is 0. The second kappa shape index (κ2) is 5.64. The van der Waals surface area contributed by atoms with E-state index in [2.05, 4.69) is 16.9 Å². The van der Waals surface area contributed by atoms with E-state index in [1.807, 2.05) is 0 Å². The molecule has 1 aliphatic rings. The maximum absolute atomic E-state index is 9.01. The van der Waals surface area contributed by atoms with Crippen LogP contribution in [0, 0.1) is 5.92 Å². The molecule has 16 heavy (non-hydrogen) atoms. The molecule has 0 atom stereocenters. The zero-order valence-electron chi connectivity index (χ0n) is 9.85. The first-order valence-electron chi connectivity index (χ1n) is 6.06. The number of thiazole rings is 1. The van der Waals surface area contributed by atoms with Crippen molar-refractivity contribution in [3.05, 3.63) is 11.1 Å². The highest BCUT2D eigenvalue weighted by Gasteiger charge is 2.16. The van der Waals surface area contributed by atoms with Crippen LogP contribution in [-0.4, -0.2) is 23.7 Å². The van der Waals surface area contributed by atoms with Crippen LogP contribution in [0.3, 0.4) is 0 Å². The van der Waals surface area contributed by atoms with Crippen molar-refractivity contribution in [1.82, 2.24) is 4.98 Å². The van der Waals surface area contributed by atoms with Gasteiger partial charge in [0.15, 0.2) is 5.13 Å². The molecule has 2 rings (SSSR count). The minimum absolute atomic E-state index is 0.106. The molecule has 3 nitrogen and oxygen atoms in total. The van der Waals surface area contributed by atoms with Gasteiger partial charge >= 0.3 is 0 Å². The summed E-state index contributed by atoms with van der Waals surface area (Å²) in [5.41, 5.74) is 0. The van der Waals surface area contributed by atoms with Crippen LogP contribution in [0.4, 0.5) is 5.13 Å². The Labute approximate surface area is 101 Å². The Hall–Kier alpha value is -0.610. The molecule has 1 aromatic rings. The number of nitrogens with zero attached hydrogens (tertiary/aromatic N) is 2. The van der Waals surface area contributed by atoms with E-state index >= 15 is 0 Å². The highest BCUT2D eigenvalue weighted by Crippen LogP contribution is 2.27. The largest absolute Gasteiger partial charge is 0.391 e. The molecule has 0 amide bonds. The van der Waals surface area contributed by atoms with Crippen LogP contribution in [0.2, 0.25) is 0 Å². The number of rotatable bonds is 4. The van der Waals surface area contributed by atoms with E-state index in [-0.39, 0.29) is 6.61 Å². The topological polar surface area (TPSA) is 36.4 Å². The molecule has 4 heteroatoms. The SMILES string of the molecule is CN(CC1CCCCC1)c1ncc(CO)s1. The minimum atomic E-state index is 0.106. The number of aliphatic hydroxyl groups excluding tert-OH is 1. The van der Waals surface area contributed by atoms with Gasteiger partial charge in [0.1, 0.15) is 0 Å². The molecule has 0 saturated heterocycles. The van der Waals surface area contributed by atoms with Crippen molar-refractivity contribution < 1.29 is 5.11 Å². The third-order valence-corrected chi connectivity index (χ3v) is 4.38. The quantitative estimate of drug-likeness (QED) is 0.879. The zero-order chi connectivity index (χ0) is 11.4. The molecule has 1 fully saturated rings. The van der Waals surface area contributed by atoms with Gasteiger partial charge in [-0.05, 0) is 18.8 Å². The summed E-state index contributed by atoms with van der Waals surface area (Å²) < 4.78 is 0. The van der Waals surface area contributed by atoms with Gasteiger partial charge in [-0.25, -0.2) is 4.98 Å². The molecule has 0 spiro atoms. The Morgan fingerprint density at radius 2 is 2.19 bits per heavy atom. The van der Waals surface area contributed by atoms with E-state index in [1.54, 1.807) is 17.5 Å². The predicted molar refractivity (Wildman–Crippen MR) is 67.9 cm³/mol. The molecular weight excluding hydrogens is 220 g/mol. The van der Waals surface area contributed by atoms with Gasteiger partial charge in [0.25, 0.3) is 0 Å².